The summed E-state index contributed by atoms with van der Waals surface area (Å²) in [5.74, 6) is 0.351. The first-order valence-electron chi connectivity index (χ1n) is 8.65. The van der Waals surface area contributed by atoms with Gasteiger partial charge >= 0.3 is 0 Å². The summed E-state index contributed by atoms with van der Waals surface area (Å²) in [6.45, 7) is 1.49. The van der Waals surface area contributed by atoms with E-state index in [-0.39, 0.29) is 16.7 Å². The van der Waals surface area contributed by atoms with Crippen LogP contribution in [0.25, 0.3) is 10.8 Å². The minimum absolute atomic E-state index is 0.0741. The van der Waals surface area contributed by atoms with Crippen molar-refractivity contribution in [2.45, 2.75) is 12.5 Å². The summed E-state index contributed by atoms with van der Waals surface area (Å²) in [6, 6.07) is 15.4. The molecule has 1 fully saturated rings. The highest BCUT2D eigenvalue weighted by molar-refractivity contribution is 5.99. The monoisotopic (exact) mass is 349 g/mol. The van der Waals surface area contributed by atoms with Crippen molar-refractivity contribution in [1.82, 2.24) is 4.98 Å². The van der Waals surface area contributed by atoms with Crippen molar-refractivity contribution in [3.8, 4) is 0 Å². The van der Waals surface area contributed by atoms with Crippen molar-refractivity contribution < 1.29 is 9.66 Å². The van der Waals surface area contributed by atoms with Gasteiger partial charge in [0.25, 0.3) is 5.69 Å². The molecule has 26 heavy (non-hydrogen) atoms. The van der Waals surface area contributed by atoms with E-state index in [1.165, 1.54) is 11.6 Å². The Hall–Kier alpha value is -2.99. The van der Waals surface area contributed by atoms with Gasteiger partial charge in [-0.25, -0.2) is 0 Å². The Morgan fingerprint density at radius 2 is 2.00 bits per heavy atom. The molecule has 2 atom stereocenters. The molecule has 0 amide bonds. The molecule has 0 radical (unpaired) electrons. The van der Waals surface area contributed by atoms with Crippen molar-refractivity contribution in [2.24, 2.45) is 5.92 Å². The SMILES string of the molecule is O=[N+]([O-])c1ccc(NCC2CCOC2c2ccccc2)c2ccncc12. The first kappa shape index (κ1) is 16.5. The molecule has 0 saturated carbocycles. The Labute approximate surface area is 151 Å². The molecule has 1 aromatic heterocycles. The van der Waals surface area contributed by atoms with Gasteiger partial charge in [-0.2, -0.15) is 0 Å². The number of nitro groups is 1. The van der Waals surface area contributed by atoms with Gasteiger partial charge in [0.15, 0.2) is 0 Å². The van der Waals surface area contributed by atoms with Crippen LogP contribution >= 0.6 is 0 Å². The van der Waals surface area contributed by atoms with E-state index in [1.807, 2.05) is 24.3 Å². The maximum absolute atomic E-state index is 11.2. The van der Waals surface area contributed by atoms with Crippen molar-refractivity contribution in [3.05, 3.63) is 76.6 Å². The molecule has 0 bridgehead atoms. The molecule has 1 aliphatic rings. The third-order valence-electron chi connectivity index (χ3n) is 4.89. The second-order valence-corrected chi connectivity index (χ2v) is 6.44. The number of non-ortho nitro benzene ring substituents is 1. The van der Waals surface area contributed by atoms with Gasteiger partial charge in [-0.15, -0.1) is 0 Å². The van der Waals surface area contributed by atoms with Gasteiger partial charge in [-0.1, -0.05) is 30.3 Å². The van der Waals surface area contributed by atoms with Crippen LogP contribution in [0.3, 0.4) is 0 Å². The first-order chi connectivity index (χ1) is 12.7. The average Bonchev–Trinajstić information content (AvgIpc) is 3.15. The molecule has 2 aromatic carbocycles. The van der Waals surface area contributed by atoms with Crippen LogP contribution in [0.2, 0.25) is 0 Å². The van der Waals surface area contributed by atoms with Crippen LogP contribution in [0.5, 0.6) is 0 Å². The maximum Gasteiger partial charge on any atom is 0.278 e. The highest BCUT2D eigenvalue weighted by Crippen LogP contribution is 2.36. The summed E-state index contributed by atoms with van der Waals surface area (Å²) in [6.07, 6.45) is 4.26. The van der Waals surface area contributed by atoms with Crippen molar-refractivity contribution in [1.29, 1.82) is 0 Å². The lowest BCUT2D eigenvalue weighted by molar-refractivity contribution is -0.383. The van der Waals surface area contributed by atoms with Crippen LogP contribution in [0.4, 0.5) is 11.4 Å². The van der Waals surface area contributed by atoms with E-state index < -0.39 is 0 Å². The Bertz CT molecular complexity index is 930. The lowest BCUT2D eigenvalue weighted by Gasteiger charge is -2.20. The van der Waals surface area contributed by atoms with E-state index in [0.29, 0.717) is 11.3 Å². The zero-order chi connectivity index (χ0) is 17.9. The Balaban J connectivity index is 1.57. The van der Waals surface area contributed by atoms with Gasteiger partial charge in [0.05, 0.1) is 16.4 Å². The second-order valence-electron chi connectivity index (χ2n) is 6.44. The first-order valence-corrected chi connectivity index (χ1v) is 8.65. The second kappa shape index (κ2) is 7.09. The number of pyridine rings is 1. The zero-order valence-electron chi connectivity index (χ0n) is 14.2. The largest absolute Gasteiger partial charge is 0.384 e. The van der Waals surface area contributed by atoms with E-state index in [0.717, 1.165) is 30.6 Å². The van der Waals surface area contributed by atoms with Crippen LogP contribution in [0, 0.1) is 16.0 Å². The standard InChI is InChI=1S/C20H19N3O3/c24-23(25)19-7-6-18(16-8-10-21-13-17(16)19)22-12-15-9-11-26-20(15)14-4-2-1-3-5-14/h1-8,10,13,15,20,22H,9,11-12H2. The van der Waals surface area contributed by atoms with E-state index >= 15 is 0 Å². The zero-order valence-corrected chi connectivity index (χ0v) is 14.2. The van der Waals surface area contributed by atoms with Gasteiger partial charge in [0.2, 0.25) is 0 Å². The Morgan fingerprint density at radius 3 is 2.81 bits per heavy atom. The highest BCUT2D eigenvalue weighted by atomic mass is 16.6. The number of anilines is 1. The van der Waals surface area contributed by atoms with Crippen LogP contribution in [0.15, 0.2) is 60.9 Å². The highest BCUT2D eigenvalue weighted by Gasteiger charge is 2.29. The summed E-state index contributed by atoms with van der Waals surface area (Å²) < 4.78 is 5.94. The number of fused-ring (bicyclic) bond motifs is 1. The minimum atomic E-state index is -0.371. The van der Waals surface area contributed by atoms with Gasteiger partial charge in [0.1, 0.15) is 0 Å². The summed E-state index contributed by atoms with van der Waals surface area (Å²) in [4.78, 5) is 14.9. The van der Waals surface area contributed by atoms with Crippen LogP contribution in [-0.4, -0.2) is 23.1 Å². The number of rotatable bonds is 5. The molecule has 132 valence electrons. The fourth-order valence-corrected chi connectivity index (χ4v) is 3.58. The number of aromatic nitrogens is 1. The topological polar surface area (TPSA) is 77.3 Å². The lowest BCUT2D eigenvalue weighted by atomic mass is 9.95. The summed E-state index contributed by atoms with van der Waals surface area (Å²) >= 11 is 0. The molecule has 6 nitrogen and oxygen atoms in total. The number of ether oxygens (including phenoxy) is 1. The smallest absolute Gasteiger partial charge is 0.278 e. The van der Waals surface area contributed by atoms with Crippen LogP contribution in [0.1, 0.15) is 18.1 Å². The van der Waals surface area contributed by atoms with Gasteiger partial charge < -0.3 is 10.1 Å². The Kier molecular flexibility index (Phi) is 4.50. The molecular formula is C20H19N3O3. The molecule has 0 spiro atoms. The third-order valence-corrected chi connectivity index (χ3v) is 4.89. The predicted molar refractivity (Wildman–Crippen MR) is 100 cm³/mol. The molecular weight excluding hydrogens is 330 g/mol. The van der Waals surface area contributed by atoms with Gasteiger partial charge in [-0.3, -0.25) is 15.1 Å². The Morgan fingerprint density at radius 1 is 1.15 bits per heavy atom. The predicted octanol–water partition coefficient (Wildman–Crippen LogP) is 4.33. The third kappa shape index (κ3) is 3.11. The summed E-state index contributed by atoms with van der Waals surface area (Å²) in [7, 11) is 0. The molecule has 2 unspecified atom stereocenters. The average molecular weight is 349 g/mol. The quantitative estimate of drug-likeness (QED) is 0.548. The van der Waals surface area contributed by atoms with Crippen molar-refractivity contribution >= 4 is 22.1 Å². The molecule has 3 aromatic rings. The lowest BCUT2D eigenvalue weighted by Crippen LogP contribution is -2.18. The molecule has 4 rings (SSSR count). The normalized spacial score (nSPS) is 19.5. The minimum Gasteiger partial charge on any atom is -0.384 e. The number of hydrogen-bond donors (Lipinski definition) is 1. The fourth-order valence-electron chi connectivity index (χ4n) is 3.58. The number of hydrogen-bond acceptors (Lipinski definition) is 5. The number of nitrogens with zero attached hydrogens (tertiary/aromatic N) is 2. The molecule has 2 heterocycles. The summed E-state index contributed by atoms with van der Waals surface area (Å²) in [5, 5.41) is 16.1. The van der Waals surface area contributed by atoms with Crippen molar-refractivity contribution in [3.63, 3.8) is 0 Å². The number of benzene rings is 2. The van der Waals surface area contributed by atoms with Crippen LogP contribution in [-0.2, 0) is 4.74 Å². The van der Waals surface area contributed by atoms with Crippen molar-refractivity contribution in [2.75, 3.05) is 18.5 Å². The van der Waals surface area contributed by atoms with E-state index in [2.05, 4.69) is 22.4 Å². The maximum atomic E-state index is 11.2. The van der Waals surface area contributed by atoms with Crippen LogP contribution < -0.4 is 5.32 Å². The molecule has 1 saturated heterocycles. The van der Waals surface area contributed by atoms with Gasteiger partial charge in [-0.05, 0) is 24.1 Å². The van der Waals surface area contributed by atoms with E-state index in [9.17, 15) is 10.1 Å². The fraction of sp³-hybridized carbons (Fsp3) is 0.250. The molecule has 0 aliphatic carbocycles. The number of nitro benzene ring substituents is 1. The molecule has 6 heteroatoms. The molecule has 1 aliphatic heterocycles. The van der Waals surface area contributed by atoms with Gasteiger partial charge in [0, 0.05) is 48.6 Å². The molecule has 1 N–H and O–H groups in total. The van der Waals surface area contributed by atoms with E-state index in [1.54, 1.807) is 18.5 Å². The summed E-state index contributed by atoms with van der Waals surface area (Å²) in [5.41, 5.74) is 2.14. The number of nitrogens with one attached hydrogen (secondary N) is 1. The van der Waals surface area contributed by atoms with E-state index in [4.69, 9.17) is 4.74 Å².